The molecule has 0 bridgehead atoms. The smallest absolute Gasteiger partial charge is 0.224 e. The Balaban J connectivity index is 0.000000142. The molecule has 7 aromatic heterocycles. The molecule has 38 heteroatoms. The molecule has 0 saturated heterocycles. The van der Waals surface area contributed by atoms with Gasteiger partial charge in [0.25, 0.3) is 0 Å². The number of guanidine groups is 6. The van der Waals surface area contributed by atoms with Crippen molar-refractivity contribution >= 4 is 190 Å². The van der Waals surface area contributed by atoms with Crippen LogP contribution in [0.25, 0.3) is 65.5 Å². The lowest BCUT2D eigenvalue weighted by Crippen LogP contribution is -2.20. The van der Waals surface area contributed by atoms with E-state index < -0.39 is 0 Å². The largest absolute Gasteiger partial charge is 0.497 e. The second kappa shape index (κ2) is 50.2. The summed E-state index contributed by atoms with van der Waals surface area (Å²) in [4.78, 5) is 80.8. The Kier molecular flexibility index (Phi) is 35.9. The fourth-order valence-corrected chi connectivity index (χ4v) is 17.1. The summed E-state index contributed by atoms with van der Waals surface area (Å²) in [6.07, 6.45) is 1.64. The minimum Gasteiger partial charge on any atom is -0.497 e. The number of benzene rings is 11. The van der Waals surface area contributed by atoms with Gasteiger partial charge in [-0.05, 0) is 101 Å². The summed E-state index contributed by atoms with van der Waals surface area (Å²) in [5.41, 5.74) is 90.5. The zero-order valence-electron chi connectivity index (χ0n) is 77.0. The molecule has 0 amide bonds. The Bertz CT molecular complexity index is 7510. The van der Waals surface area contributed by atoms with Gasteiger partial charge in [0.05, 0.1) is 50.3 Å². The van der Waals surface area contributed by atoms with Crippen molar-refractivity contribution in [3.8, 4) is 50.8 Å². The van der Waals surface area contributed by atoms with Gasteiger partial charge in [-0.15, -0.1) is 45.3 Å². The highest BCUT2D eigenvalue weighted by atomic mass is 32.1. The molecule has 11 aromatic carbocycles. The van der Waals surface area contributed by atoms with Crippen molar-refractivity contribution in [2.24, 2.45) is 129 Å². The van der Waals surface area contributed by atoms with Crippen molar-refractivity contribution in [2.45, 2.75) is 34.6 Å². The number of pyridine rings is 1. The molecular formula is C103H97N31OS6. The second-order valence-electron chi connectivity index (χ2n) is 30.2. The third kappa shape index (κ3) is 31.2. The zero-order chi connectivity index (χ0) is 99.5. The van der Waals surface area contributed by atoms with E-state index in [1.165, 1.54) is 73.6 Å². The molecule has 0 unspecified atom stereocenters. The number of aliphatic imine (C=N–C) groups is 12. The van der Waals surface area contributed by atoms with Crippen LogP contribution in [-0.2, 0) is 0 Å². The zero-order valence-corrected chi connectivity index (χ0v) is 81.9. The van der Waals surface area contributed by atoms with Crippen molar-refractivity contribution in [3.05, 3.63) is 392 Å². The number of thiazole rings is 6. The third-order valence-electron chi connectivity index (χ3n) is 19.3. The number of hydrogen-bond acceptors (Lipinski definition) is 20. The molecule has 0 fully saturated rings. The van der Waals surface area contributed by atoms with E-state index in [2.05, 4.69) is 101 Å². The number of nitrogens with two attached hydrogens (primary N) is 12. The Hall–Kier alpha value is -17.7. The third-order valence-corrected chi connectivity index (χ3v) is 24.1. The van der Waals surface area contributed by atoms with Crippen LogP contribution in [-0.4, -0.2) is 113 Å². The lowest BCUT2D eigenvalue weighted by Gasteiger charge is -2.01. The van der Waals surface area contributed by atoms with Gasteiger partial charge in [-0.1, -0.05) is 288 Å². The molecule has 0 aliphatic carbocycles. The minimum atomic E-state index is 0.0436. The van der Waals surface area contributed by atoms with E-state index in [1.807, 2.05) is 341 Å². The van der Waals surface area contributed by atoms with Gasteiger partial charge in [-0.2, -0.15) is 59.9 Å². The number of aromatic nitrogens is 7. The van der Waals surface area contributed by atoms with Crippen LogP contribution in [0.1, 0.15) is 61.3 Å². The van der Waals surface area contributed by atoms with Crippen molar-refractivity contribution in [3.63, 3.8) is 0 Å². The second-order valence-corrected chi connectivity index (χ2v) is 35.5. The SMILES string of the molecule is COc1ccc2nc(N=C(N)N=C(N)c3cccc(C)c3)sc2c1.Cc1ccc(C(N)=NC(N)=Nc2nc(-c3ccccc3)cs2)cc1.Cc1cccc(C(N)=NC(N)=Nc2nc(-c3ccccc3)cs2)c1.Cc1cccc(C(N)=NC(N)=Nc2nc3ccc(C)cc3s2)c1.NC(=Nc1nc(-c2ccccc2)cs1)N=C(N)c1ccccc1.NC(=Nc1nc(-c2ccccc2)cs1)N=C(N)c1ccccn1. The van der Waals surface area contributed by atoms with Crippen LogP contribution in [0.5, 0.6) is 5.75 Å². The van der Waals surface area contributed by atoms with Crippen molar-refractivity contribution in [1.29, 1.82) is 0 Å². The number of aryl methyl sites for hydroxylation is 5. The Labute approximate surface area is 837 Å². The Morgan fingerprint density at radius 1 is 0.248 bits per heavy atom. The van der Waals surface area contributed by atoms with Gasteiger partial charge >= 0.3 is 0 Å². The van der Waals surface area contributed by atoms with Crippen LogP contribution in [0.2, 0.25) is 0 Å². The molecule has 18 aromatic rings. The van der Waals surface area contributed by atoms with Crippen LogP contribution in [0.15, 0.2) is 391 Å². The fourth-order valence-electron chi connectivity index (χ4n) is 12.5. The maximum absolute atomic E-state index is 5.99. The van der Waals surface area contributed by atoms with Gasteiger partial charge in [-0.3, -0.25) is 4.98 Å². The Morgan fingerprint density at radius 2 is 0.532 bits per heavy atom. The topological polar surface area (TPSA) is 560 Å². The van der Waals surface area contributed by atoms with Crippen LogP contribution >= 0.6 is 68.0 Å². The number of rotatable bonds is 17. The van der Waals surface area contributed by atoms with Gasteiger partial charge in [0.1, 0.15) is 40.6 Å². The number of ether oxygens (including phenoxy) is 1. The van der Waals surface area contributed by atoms with E-state index in [9.17, 15) is 0 Å². The average molecular weight is 1980 g/mol. The number of fused-ring (bicyclic) bond motifs is 2. The van der Waals surface area contributed by atoms with Gasteiger partial charge < -0.3 is 73.5 Å². The van der Waals surface area contributed by atoms with E-state index in [-0.39, 0.29) is 41.6 Å². The highest BCUT2D eigenvalue weighted by Crippen LogP contribution is 2.34. The number of amidine groups is 6. The molecular weight excluding hydrogens is 1880 g/mol. The Morgan fingerprint density at radius 3 is 0.865 bits per heavy atom. The van der Waals surface area contributed by atoms with Gasteiger partial charge in [0.15, 0.2) is 5.84 Å². The fraction of sp³-hybridized carbons (Fsp3) is 0.0583. The van der Waals surface area contributed by atoms with Gasteiger partial charge in [0.2, 0.25) is 66.5 Å². The molecule has 32 nitrogen and oxygen atoms in total. The van der Waals surface area contributed by atoms with Crippen molar-refractivity contribution in [1.82, 2.24) is 34.9 Å². The summed E-state index contributed by atoms with van der Waals surface area (Å²) in [5.74, 6) is 3.10. The highest BCUT2D eigenvalue weighted by Gasteiger charge is 2.14. The first kappa shape index (κ1) is 101. The molecule has 7 heterocycles. The maximum Gasteiger partial charge on any atom is 0.224 e. The van der Waals surface area contributed by atoms with E-state index >= 15 is 0 Å². The van der Waals surface area contributed by atoms with Crippen LogP contribution < -0.4 is 73.5 Å². The van der Waals surface area contributed by atoms with Gasteiger partial charge in [-0.25, -0.2) is 29.9 Å². The number of hydrogen-bond donors (Lipinski definition) is 12. The van der Waals surface area contributed by atoms with Crippen LogP contribution in [0.4, 0.5) is 30.8 Å². The minimum absolute atomic E-state index is 0.0436. The molecule has 24 N–H and O–H groups in total. The van der Waals surface area contributed by atoms with Crippen molar-refractivity contribution < 1.29 is 4.74 Å². The summed E-state index contributed by atoms with van der Waals surface area (Å²) in [6.45, 7) is 10.0. The molecule has 706 valence electrons. The van der Waals surface area contributed by atoms with Gasteiger partial charge in [0, 0.05) is 77.8 Å². The summed E-state index contributed by atoms with van der Waals surface area (Å²) >= 11 is 8.50. The standard InChI is InChI=1S/2C18H17N5S.C17H17N5OS.C17H17N5S.C17H15N5S.C16H14N6S/c1-12-6-5-9-14(10-12)16(19)22-17(20)23-18-21-15(11-24-18)13-7-3-2-4-8-13;1-12-7-9-14(10-8-12)16(19)22-17(20)23-18-21-15(11-24-18)13-5-3-2-4-6-13;1-10-4-3-5-11(8-10)15(18)21-16(19)22-17-20-13-7-6-12(23-2)9-14(13)24-17;1-10-4-3-5-12(8-10)15(18)21-16(19)22-17-20-13-7-6-11(2)9-14(13)23-17;18-15(13-9-5-2-6-10-13)21-16(19)22-17-20-14(11-23-17)12-7-3-1-4-8-12;17-14(12-8-4-5-9-19-12)21-15(18)22-16-20-13(10-23-16)11-6-2-1-3-7-11/h2*2-11H,1H3,(H4,19,20,21,22,23);3-9H,1-2H3,(H4,18,19,20,21,22);3-9H,1-2H3,(H4,18,19,20,21,22);1-11H,(H4,18,19,20,21,22);1-10H,(H4,17,18,20,21,22). The molecule has 0 atom stereocenters. The first-order chi connectivity index (χ1) is 68.2. The first-order valence-corrected chi connectivity index (χ1v) is 48.1. The van der Waals surface area contributed by atoms with E-state index in [1.54, 1.807) is 25.4 Å². The van der Waals surface area contributed by atoms with E-state index in [4.69, 9.17) is 73.5 Å². The predicted octanol–water partition coefficient (Wildman–Crippen LogP) is 18.9. The normalized spacial score (nSPS) is 12.5. The molecule has 0 radical (unpaired) electrons. The lowest BCUT2D eigenvalue weighted by atomic mass is 10.1. The predicted molar refractivity (Wildman–Crippen MR) is 588 cm³/mol. The molecule has 0 spiro atoms. The number of methoxy groups -OCH3 is 1. The molecule has 0 aliphatic rings. The lowest BCUT2D eigenvalue weighted by molar-refractivity contribution is 0.415. The quantitative estimate of drug-likeness (QED) is 0.0297. The summed E-state index contributed by atoms with van der Waals surface area (Å²) in [6, 6.07) is 97.1. The average Bonchev–Trinajstić information content (AvgIpc) is 1.69. The summed E-state index contributed by atoms with van der Waals surface area (Å²) in [7, 11) is 1.63. The molecule has 18 rings (SSSR count). The molecule has 0 aliphatic heterocycles. The maximum atomic E-state index is 5.99. The summed E-state index contributed by atoms with van der Waals surface area (Å²) in [5, 5.41) is 11.0. The number of nitrogens with zero attached hydrogens (tertiary/aromatic N) is 19. The van der Waals surface area contributed by atoms with E-state index in [0.29, 0.717) is 65.7 Å². The van der Waals surface area contributed by atoms with Crippen molar-refractivity contribution in [2.75, 3.05) is 7.11 Å². The molecule has 0 saturated carbocycles. The first-order valence-electron chi connectivity index (χ1n) is 42.9. The van der Waals surface area contributed by atoms with Crippen LogP contribution in [0.3, 0.4) is 0 Å². The summed E-state index contributed by atoms with van der Waals surface area (Å²) < 4.78 is 7.25. The monoisotopic (exact) mass is 1980 g/mol. The highest BCUT2D eigenvalue weighted by molar-refractivity contribution is 7.22. The molecule has 141 heavy (non-hydrogen) atoms. The van der Waals surface area contributed by atoms with Crippen LogP contribution in [0, 0.1) is 34.6 Å². The van der Waals surface area contributed by atoms with E-state index in [0.717, 1.165) is 121 Å².